The molecule has 56 heavy (non-hydrogen) atoms. The van der Waals surface area contributed by atoms with E-state index in [0.717, 1.165) is 19.3 Å². The summed E-state index contributed by atoms with van der Waals surface area (Å²) in [5, 5.41) is 0. The highest BCUT2D eigenvalue weighted by Crippen LogP contribution is 2.19. The molecule has 3 nitrogen and oxygen atoms in total. The van der Waals surface area contributed by atoms with Crippen LogP contribution in [0.2, 0.25) is 6.04 Å². The Kier molecular flexibility index (Phi) is 47.9. The fraction of sp³-hybridized carbons (Fsp3) is 1.00. The summed E-state index contributed by atoms with van der Waals surface area (Å²) in [7, 11) is 1.48. The first-order valence-electron chi connectivity index (χ1n) is 26.6. The Hall–Kier alpha value is 0.0969. The van der Waals surface area contributed by atoms with Crippen LogP contribution in [-0.2, 0) is 8.85 Å². The molecule has 0 heterocycles. The normalized spacial score (nSPS) is 12.1. The number of hydrogen-bond acceptors (Lipinski definition) is 2. The predicted octanol–water partition coefficient (Wildman–Crippen LogP) is 18.0. The van der Waals surface area contributed by atoms with Gasteiger partial charge in [-0.05, 0) is 52.0 Å². The summed E-state index contributed by atoms with van der Waals surface area (Å²) >= 11 is 0. The van der Waals surface area contributed by atoms with E-state index >= 15 is 0 Å². The number of nitrogens with zero attached hydrogens (tertiary/aromatic N) is 1. The highest BCUT2D eigenvalue weighted by atomic mass is 28.3. The maximum absolute atomic E-state index is 5.98. The molecule has 4 heteroatoms. The molecule has 0 aliphatic heterocycles. The first-order valence-corrected chi connectivity index (χ1v) is 28.1. The highest BCUT2D eigenvalue weighted by Gasteiger charge is 2.23. The van der Waals surface area contributed by atoms with Crippen LogP contribution in [0.3, 0.4) is 0 Å². The molecule has 1 radical (unpaired) electrons. The van der Waals surface area contributed by atoms with Crippen molar-refractivity contribution in [1.29, 1.82) is 0 Å². The summed E-state index contributed by atoms with van der Waals surface area (Å²) in [5.74, 6) is 0. The average Bonchev–Trinajstić information content (AvgIpc) is 3.19. The first-order chi connectivity index (χ1) is 27.6. The van der Waals surface area contributed by atoms with Crippen LogP contribution in [0.1, 0.15) is 291 Å². The third-order valence-corrected chi connectivity index (χ3v) is 14.8. The van der Waals surface area contributed by atoms with Gasteiger partial charge in [0.05, 0.1) is 26.7 Å². The van der Waals surface area contributed by atoms with Crippen LogP contribution >= 0.6 is 0 Å². The van der Waals surface area contributed by atoms with E-state index in [9.17, 15) is 0 Å². The number of rotatable bonds is 50. The summed E-state index contributed by atoms with van der Waals surface area (Å²) in [5.41, 5.74) is 0. The van der Waals surface area contributed by atoms with Crippen molar-refractivity contribution in [2.24, 2.45) is 0 Å². The van der Waals surface area contributed by atoms with Gasteiger partial charge < -0.3 is 13.3 Å². The van der Waals surface area contributed by atoms with E-state index in [0.29, 0.717) is 0 Å². The zero-order chi connectivity index (χ0) is 40.7. The SMILES string of the molecule is CCCCCCCCCCCCCCCCCCCCCC[N+](C)(CCCCCCCCCCCCCCCCCCCCCC)CCC[Si](OCC)OCC. The van der Waals surface area contributed by atoms with Crippen LogP contribution in [-0.4, -0.2) is 53.7 Å². The first kappa shape index (κ1) is 56.1. The van der Waals surface area contributed by atoms with E-state index in [-0.39, 0.29) is 0 Å². The van der Waals surface area contributed by atoms with Gasteiger partial charge in [0.2, 0.25) is 0 Å². The number of unbranched alkanes of at least 4 members (excludes halogenated alkanes) is 38. The zero-order valence-corrected chi connectivity index (χ0v) is 41.0. The standard InChI is InChI=1S/C52H109NO2Si/c1-6-10-12-14-16-18-20-22-24-26-28-30-32-34-36-38-40-42-44-46-49-53(5,51-48-52-56(54-8-3)55-9-4)50-47-45-43-41-39-37-35-33-31-29-27-25-23-21-19-17-15-13-11-7-2/h6-52H2,1-5H3/q+1. The van der Waals surface area contributed by atoms with Gasteiger partial charge in [-0.1, -0.05) is 245 Å². The summed E-state index contributed by atoms with van der Waals surface area (Å²) in [6.07, 6.45) is 59.6. The summed E-state index contributed by atoms with van der Waals surface area (Å²) in [6, 6.07) is 1.14. The minimum atomic E-state index is -1.09. The molecular formula is C52H109NO2Si+. The summed E-state index contributed by atoms with van der Waals surface area (Å²) in [4.78, 5) is 0. The third-order valence-electron chi connectivity index (χ3n) is 12.8. The molecule has 0 bridgehead atoms. The summed E-state index contributed by atoms with van der Waals surface area (Å²) in [6.45, 7) is 14.5. The lowest BCUT2D eigenvalue weighted by Crippen LogP contribution is -2.46. The van der Waals surface area contributed by atoms with E-state index in [4.69, 9.17) is 8.85 Å². The van der Waals surface area contributed by atoms with Gasteiger partial charge in [-0.25, -0.2) is 0 Å². The van der Waals surface area contributed by atoms with Crippen LogP contribution in [0.4, 0.5) is 0 Å². The third kappa shape index (κ3) is 43.7. The zero-order valence-electron chi connectivity index (χ0n) is 40.0. The number of quaternary nitrogens is 1. The molecule has 0 unspecified atom stereocenters. The van der Waals surface area contributed by atoms with Crippen molar-refractivity contribution < 1.29 is 13.3 Å². The topological polar surface area (TPSA) is 18.5 Å². The van der Waals surface area contributed by atoms with Crippen molar-refractivity contribution in [3.05, 3.63) is 0 Å². The lowest BCUT2D eigenvalue weighted by atomic mass is 10.0. The number of hydrogen-bond donors (Lipinski definition) is 0. The molecule has 0 amide bonds. The smallest absolute Gasteiger partial charge is 0.384 e. The van der Waals surface area contributed by atoms with Crippen LogP contribution in [0.25, 0.3) is 0 Å². The van der Waals surface area contributed by atoms with Crippen molar-refractivity contribution in [1.82, 2.24) is 0 Å². The van der Waals surface area contributed by atoms with Crippen LogP contribution in [0.5, 0.6) is 0 Å². The second-order valence-corrected chi connectivity index (χ2v) is 20.4. The van der Waals surface area contributed by atoms with Crippen molar-refractivity contribution in [2.75, 3.05) is 39.9 Å². The lowest BCUT2D eigenvalue weighted by Gasteiger charge is -2.35. The Bertz CT molecular complexity index is 654. The molecule has 0 spiro atoms. The minimum Gasteiger partial charge on any atom is -0.394 e. The van der Waals surface area contributed by atoms with E-state index in [1.807, 2.05) is 0 Å². The van der Waals surface area contributed by atoms with Gasteiger partial charge >= 0.3 is 9.28 Å². The second-order valence-electron chi connectivity index (χ2n) is 18.6. The molecule has 0 fully saturated rings. The Morgan fingerprint density at radius 3 is 0.679 bits per heavy atom. The van der Waals surface area contributed by atoms with Crippen LogP contribution in [0.15, 0.2) is 0 Å². The second kappa shape index (κ2) is 47.8. The largest absolute Gasteiger partial charge is 0.394 e. The molecule has 337 valence electrons. The van der Waals surface area contributed by atoms with E-state index in [1.165, 1.54) is 287 Å². The molecule has 0 atom stereocenters. The van der Waals surface area contributed by atoms with Crippen LogP contribution < -0.4 is 0 Å². The molecule has 0 aromatic carbocycles. The van der Waals surface area contributed by atoms with Gasteiger partial charge in [0.1, 0.15) is 0 Å². The Labute approximate surface area is 358 Å². The van der Waals surface area contributed by atoms with E-state index in [2.05, 4.69) is 34.7 Å². The fourth-order valence-corrected chi connectivity index (χ4v) is 10.4. The van der Waals surface area contributed by atoms with Crippen LogP contribution in [0, 0.1) is 0 Å². The van der Waals surface area contributed by atoms with Gasteiger partial charge in [0.25, 0.3) is 0 Å². The monoisotopic (exact) mass is 808 g/mol. The van der Waals surface area contributed by atoms with E-state index in [1.54, 1.807) is 0 Å². The Morgan fingerprint density at radius 2 is 0.464 bits per heavy atom. The maximum atomic E-state index is 5.98. The molecule has 0 rings (SSSR count). The maximum Gasteiger partial charge on any atom is 0.384 e. The molecular weight excluding hydrogens is 699 g/mol. The molecule has 0 saturated carbocycles. The van der Waals surface area contributed by atoms with Crippen molar-refractivity contribution in [3.8, 4) is 0 Å². The molecule has 0 aromatic heterocycles. The average molecular weight is 809 g/mol. The Morgan fingerprint density at radius 1 is 0.268 bits per heavy atom. The van der Waals surface area contributed by atoms with Gasteiger partial charge in [-0.15, -0.1) is 0 Å². The molecule has 0 N–H and O–H groups in total. The Balaban J connectivity index is 3.95. The van der Waals surface area contributed by atoms with Gasteiger partial charge in [0.15, 0.2) is 0 Å². The highest BCUT2D eigenvalue weighted by molar-refractivity contribution is 6.44. The minimum absolute atomic E-state index is 0.791. The van der Waals surface area contributed by atoms with Crippen molar-refractivity contribution in [2.45, 2.75) is 297 Å². The van der Waals surface area contributed by atoms with Gasteiger partial charge in [-0.3, -0.25) is 0 Å². The fourth-order valence-electron chi connectivity index (χ4n) is 8.95. The summed E-state index contributed by atoms with van der Waals surface area (Å²) < 4.78 is 13.2. The molecule has 0 aliphatic carbocycles. The molecule has 0 saturated heterocycles. The van der Waals surface area contributed by atoms with E-state index < -0.39 is 9.28 Å². The quantitative estimate of drug-likeness (QED) is 0.0346. The lowest BCUT2D eigenvalue weighted by molar-refractivity contribution is -0.910. The van der Waals surface area contributed by atoms with Crippen molar-refractivity contribution >= 4 is 9.28 Å². The van der Waals surface area contributed by atoms with Gasteiger partial charge in [-0.2, -0.15) is 0 Å². The molecule has 0 aromatic rings. The van der Waals surface area contributed by atoms with Crippen molar-refractivity contribution in [3.63, 3.8) is 0 Å². The van der Waals surface area contributed by atoms with Gasteiger partial charge in [0, 0.05) is 13.2 Å². The molecule has 0 aliphatic rings. The predicted molar refractivity (Wildman–Crippen MR) is 255 cm³/mol.